The van der Waals surface area contributed by atoms with E-state index < -0.39 is 9.84 Å². The van der Waals surface area contributed by atoms with Crippen LogP contribution in [-0.2, 0) is 29.7 Å². The van der Waals surface area contributed by atoms with Gasteiger partial charge in [-0.15, -0.1) is 10.2 Å². The van der Waals surface area contributed by atoms with Crippen molar-refractivity contribution in [3.8, 4) is 22.7 Å². The van der Waals surface area contributed by atoms with E-state index in [-0.39, 0.29) is 5.75 Å². The Morgan fingerprint density at radius 2 is 1.79 bits per heavy atom. The molecule has 0 fully saturated rings. The Labute approximate surface area is 228 Å². The Balaban J connectivity index is 1.15. The van der Waals surface area contributed by atoms with E-state index in [0.717, 1.165) is 78.2 Å². The lowest BCUT2D eigenvalue weighted by molar-refractivity contribution is 0.289. The molecule has 1 aliphatic rings. The SMILES string of the molecule is CCS(=O)(=O)c1ccc2c(c1)CCN(CCCSc1nnc(-c3cccc(-c4cc(C)no4)c3)n1C)CC2. The summed E-state index contributed by atoms with van der Waals surface area (Å²) in [6, 6.07) is 15.7. The summed E-state index contributed by atoms with van der Waals surface area (Å²) in [5, 5.41) is 13.8. The molecule has 8 nitrogen and oxygen atoms in total. The molecule has 0 saturated heterocycles. The quantitative estimate of drug-likeness (QED) is 0.216. The van der Waals surface area contributed by atoms with Gasteiger partial charge in [-0.2, -0.15) is 0 Å². The highest BCUT2D eigenvalue weighted by atomic mass is 32.2. The van der Waals surface area contributed by atoms with Gasteiger partial charge < -0.3 is 14.0 Å². The van der Waals surface area contributed by atoms with Gasteiger partial charge in [0.25, 0.3) is 0 Å². The topological polar surface area (TPSA) is 94.1 Å². The van der Waals surface area contributed by atoms with Crippen molar-refractivity contribution in [3.05, 3.63) is 65.4 Å². The van der Waals surface area contributed by atoms with Crippen LogP contribution in [0.25, 0.3) is 22.7 Å². The summed E-state index contributed by atoms with van der Waals surface area (Å²) in [5.74, 6) is 2.65. The van der Waals surface area contributed by atoms with Crippen LogP contribution >= 0.6 is 11.8 Å². The zero-order valence-corrected chi connectivity index (χ0v) is 23.7. The number of rotatable bonds is 9. The van der Waals surface area contributed by atoms with Crippen LogP contribution in [0.1, 0.15) is 30.2 Å². The summed E-state index contributed by atoms with van der Waals surface area (Å²) in [7, 11) is -1.17. The fraction of sp³-hybridized carbons (Fsp3) is 0.393. The van der Waals surface area contributed by atoms with Gasteiger partial charge in [-0.3, -0.25) is 0 Å². The van der Waals surface area contributed by atoms with E-state index in [1.54, 1.807) is 24.8 Å². The van der Waals surface area contributed by atoms with Gasteiger partial charge in [0, 0.05) is 43.1 Å². The normalized spacial score (nSPS) is 14.4. The van der Waals surface area contributed by atoms with Gasteiger partial charge in [0.2, 0.25) is 0 Å². The van der Waals surface area contributed by atoms with Crippen LogP contribution in [0.5, 0.6) is 0 Å². The number of fused-ring (bicyclic) bond motifs is 1. The highest BCUT2D eigenvalue weighted by molar-refractivity contribution is 7.99. The van der Waals surface area contributed by atoms with E-state index in [2.05, 4.69) is 26.3 Å². The molecule has 1 aliphatic heterocycles. The van der Waals surface area contributed by atoms with E-state index in [4.69, 9.17) is 4.52 Å². The average molecular weight is 552 g/mol. The Hall–Kier alpha value is -2.95. The molecule has 0 bridgehead atoms. The van der Waals surface area contributed by atoms with Gasteiger partial charge in [0.1, 0.15) is 0 Å². The lowest BCUT2D eigenvalue weighted by Crippen LogP contribution is -2.27. The van der Waals surface area contributed by atoms with E-state index in [1.165, 1.54) is 11.1 Å². The summed E-state index contributed by atoms with van der Waals surface area (Å²) in [6.45, 7) is 6.55. The molecular weight excluding hydrogens is 518 g/mol. The monoisotopic (exact) mass is 551 g/mol. The van der Waals surface area contributed by atoms with E-state index >= 15 is 0 Å². The number of aryl methyl sites for hydroxylation is 1. The smallest absolute Gasteiger partial charge is 0.191 e. The van der Waals surface area contributed by atoms with Crippen LogP contribution in [0.2, 0.25) is 0 Å². The second-order valence-electron chi connectivity index (χ2n) is 9.66. The first kappa shape index (κ1) is 26.6. The molecule has 0 atom stereocenters. The molecule has 200 valence electrons. The minimum Gasteiger partial charge on any atom is -0.356 e. The summed E-state index contributed by atoms with van der Waals surface area (Å²) >= 11 is 1.72. The van der Waals surface area contributed by atoms with Crippen molar-refractivity contribution in [1.82, 2.24) is 24.8 Å². The van der Waals surface area contributed by atoms with Crippen molar-refractivity contribution in [2.24, 2.45) is 7.05 Å². The molecule has 2 aromatic carbocycles. The summed E-state index contributed by atoms with van der Waals surface area (Å²) in [6.07, 6.45) is 2.88. The number of hydrogen-bond acceptors (Lipinski definition) is 8. The Kier molecular flexibility index (Phi) is 8.01. The second-order valence-corrected chi connectivity index (χ2v) is 13.0. The molecular formula is C28H33N5O3S2. The first-order valence-corrected chi connectivity index (χ1v) is 15.6. The van der Waals surface area contributed by atoms with Crippen LogP contribution in [0.15, 0.2) is 63.1 Å². The van der Waals surface area contributed by atoms with Crippen LogP contribution in [-0.4, -0.2) is 64.4 Å². The Bertz CT molecular complexity index is 1530. The zero-order chi connectivity index (χ0) is 26.7. The van der Waals surface area contributed by atoms with Gasteiger partial charge in [0.05, 0.1) is 16.3 Å². The van der Waals surface area contributed by atoms with Crippen molar-refractivity contribution < 1.29 is 12.9 Å². The number of nitrogens with zero attached hydrogens (tertiary/aromatic N) is 5. The molecule has 38 heavy (non-hydrogen) atoms. The predicted molar refractivity (Wildman–Crippen MR) is 150 cm³/mol. The molecule has 2 aromatic heterocycles. The van der Waals surface area contributed by atoms with Crippen molar-refractivity contribution in [3.63, 3.8) is 0 Å². The molecule has 0 amide bonds. The number of aromatic nitrogens is 4. The number of thioether (sulfide) groups is 1. The van der Waals surface area contributed by atoms with Gasteiger partial charge in [0.15, 0.2) is 26.6 Å². The molecule has 10 heteroatoms. The van der Waals surface area contributed by atoms with Crippen molar-refractivity contribution in [1.29, 1.82) is 0 Å². The highest BCUT2D eigenvalue weighted by Crippen LogP contribution is 2.28. The first-order chi connectivity index (χ1) is 18.3. The zero-order valence-electron chi connectivity index (χ0n) is 22.1. The fourth-order valence-corrected chi connectivity index (χ4v) is 6.55. The molecule has 0 unspecified atom stereocenters. The number of sulfone groups is 1. The number of benzene rings is 2. The Morgan fingerprint density at radius 1 is 1.00 bits per heavy atom. The third kappa shape index (κ3) is 5.87. The second kappa shape index (κ2) is 11.4. The predicted octanol–water partition coefficient (Wildman–Crippen LogP) is 4.82. The van der Waals surface area contributed by atoms with Gasteiger partial charge >= 0.3 is 0 Å². The fourth-order valence-electron chi connectivity index (χ4n) is 4.79. The maximum Gasteiger partial charge on any atom is 0.191 e. The third-order valence-corrected chi connectivity index (χ3v) is 9.87. The molecule has 0 saturated carbocycles. The standard InChI is InChI=1S/C28H33N5O3S2/c1-4-38(34,35)25-10-9-21-11-14-33(15-12-22(21)19-25)13-6-16-37-28-30-29-27(32(28)3)24-8-5-7-23(18-24)26-17-20(2)31-36-26/h5,7-10,17-19H,4,6,11-16H2,1-3H3. The summed E-state index contributed by atoms with van der Waals surface area (Å²) in [5.41, 5.74) is 5.24. The van der Waals surface area contributed by atoms with Crippen LogP contribution in [0.4, 0.5) is 0 Å². The maximum absolute atomic E-state index is 12.3. The van der Waals surface area contributed by atoms with Crippen LogP contribution in [0, 0.1) is 6.92 Å². The van der Waals surface area contributed by atoms with Crippen molar-refractivity contribution in [2.45, 2.75) is 43.2 Å². The van der Waals surface area contributed by atoms with E-state index in [1.807, 2.05) is 54.9 Å². The van der Waals surface area contributed by atoms with Crippen molar-refractivity contribution in [2.75, 3.05) is 31.1 Å². The highest BCUT2D eigenvalue weighted by Gasteiger charge is 2.18. The maximum atomic E-state index is 12.3. The van der Waals surface area contributed by atoms with Gasteiger partial charge in [-0.1, -0.05) is 48.1 Å². The number of hydrogen-bond donors (Lipinski definition) is 0. The minimum atomic E-state index is -3.17. The van der Waals surface area contributed by atoms with Gasteiger partial charge in [-0.05, 0) is 62.1 Å². The lowest BCUT2D eigenvalue weighted by atomic mass is 10.0. The largest absolute Gasteiger partial charge is 0.356 e. The summed E-state index contributed by atoms with van der Waals surface area (Å²) in [4.78, 5) is 2.93. The Morgan fingerprint density at radius 3 is 2.55 bits per heavy atom. The minimum absolute atomic E-state index is 0.136. The summed E-state index contributed by atoms with van der Waals surface area (Å²) < 4.78 is 32.0. The molecule has 5 rings (SSSR count). The molecule has 0 spiro atoms. The molecule has 0 aliphatic carbocycles. The molecule has 3 heterocycles. The molecule has 0 radical (unpaired) electrons. The molecule has 4 aromatic rings. The average Bonchev–Trinajstić information content (AvgIpc) is 3.46. The van der Waals surface area contributed by atoms with E-state index in [9.17, 15) is 8.42 Å². The van der Waals surface area contributed by atoms with Crippen molar-refractivity contribution >= 4 is 21.6 Å². The molecule has 0 N–H and O–H groups in total. The first-order valence-electron chi connectivity index (χ1n) is 13.0. The third-order valence-electron chi connectivity index (χ3n) is 7.03. The van der Waals surface area contributed by atoms with Crippen LogP contribution in [0.3, 0.4) is 0 Å². The van der Waals surface area contributed by atoms with Gasteiger partial charge in [-0.25, -0.2) is 8.42 Å². The van der Waals surface area contributed by atoms with E-state index in [0.29, 0.717) is 4.90 Å². The lowest BCUT2D eigenvalue weighted by Gasteiger charge is -2.19. The van der Waals surface area contributed by atoms with Crippen LogP contribution < -0.4 is 0 Å².